The van der Waals surface area contributed by atoms with Gasteiger partial charge in [0.1, 0.15) is 11.6 Å². The number of aryl methyl sites for hydroxylation is 1. The van der Waals surface area contributed by atoms with Crippen LogP contribution in [0.2, 0.25) is 0 Å². The fourth-order valence-electron chi connectivity index (χ4n) is 4.81. The molecule has 9 heteroatoms. The van der Waals surface area contributed by atoms with E-state index in [0.717, 1.165) is 49.4 Å². The summed E-state index contributed by atoms with van der Waals surface area (Å²) in [6.45, 7) is 7.21. The molecule has 1 aliphatic rings. The Hall–Kier alpha value is -3.33. The summed E-state index contributed by atoms with van der Waals surface area (Å²) in [7, 11) is 0. The van der Waals surface area contributed by atoms with Crippen molar-refractivity contribution in [1.82, 2.24) is 15.5 Å². The summed E-state index contributed by atoms with van der Waals surface area (Å²) < 4.78 is 27.7. The first-order chi connectivity index (χ1) is 19.1. The standard InChI is InChI=1S/C31H41F2N3O4/c1-4-10-36(11-5-2)31(40)24-13-20(3)12-23(18-24)30(39)35-27(16-22-14-25(32)19-26(33)15-22)28(37)8-9-34-29(38)17-21-6-7-21/h12-15,18-19,21,27-28,37H,4-11,16-17H2,1-3H3,(H,34,38)(H,35,39)/t27-,28+/m1/s1. The molecule has 0 unspecified atom stereocenters. The van der Waals surface area contributed by atoms with Crippen molar-refractivity contribution in [3.8, 4) is 0 Å². The summed E-state index contributed by atoms with van der Waals surface area (Å²) >= 11 is 0. The number of carbonyl (C=O) groups excluding carboxylic acids is 3. The van der Waals surface area contributed by atoms with Crippen molar-refractivity contribution in [3.63, 3.8) is 0 Å². The molecule has 2 aromatic carbocycles. The average molecular weight is 558 g/mol. The molecular formula is C31H41F2N3O4. The Labute approximate surface area is 235 Å². The van der Waals surface area contributed by atoms with Gasteiger partial charge in [-0.3, -0.25) is 14.4 Å². The second kappa shape index (κ2) is 14.9. The number of aliphatic hydroxyl groups excluding tert-OH is 1. The minimum atomic E-state index is -1.10. The van der Waals surface area contributed by atoms with Gasteiger partial charge in [-0.25, -0.2) is 8.78 Å². The quantitative estimate of drug-likeness (QED) is 0.299. The van der Waals surface area contributed by atoms with Crippen LogP contribution >= 0.6 is 0 Å². The summed E-state index contributed by atoms with van der Waals surface area (Å²) in [5, 5.41) is 16.6. The lowest BCUT2D eigenvalue weighted by Crippen LogP contribution is -2.46. The zero-order chi connectivity index (χ0) is 29.2. The lowest BCUT2D eigenvalue weighted by molar-refractivity contribution is -0.121. The number of aliphatic hydroxyl groups is 1. The molecule has 1 aliphatic carbocycles. The molecule has 1 saturated carbocycles. The summed E-state index contributed by atoms with van der Waals surface area (Å²) in [6.07, 6.45) is 3.19. The smallest absolute Gasteiger partial charge is 0.253 e. The molecule has 3 N–H and O–H groups in total. The minimum Gasteiger partial charge on any atom is -0.391 e. The van der Waals surface area contributed by atoms with Crippen LogP contribution in [0, 0.1) is 24.5 Å². The zero-order valence-electron chi connectivity index (χ0n) is 23.6. The van der Waals surface area contributed by atoms with Gasteiger partial charge in [0.15, 0.2) is 0 Å². The molecule has 2 aromatic rings. The van der Waals surface area contributed by atoms with Crippen molar-refractivity contribution in [2.24, 2.45) is 5.92 Å². The van der Waals surface area contributed by atoms with E-state index in [1.165, 1.54) is 6.07 Å². The lowest BCUT2D eigenvalue weighted by Gasteiger charge is -2.25. The van der Waals surface area contributed by atoms with Crippen molar-refractivity contribution in [1.29, 1.82) is 0 Å². The van der Waals surface area contributed by atoms with Crippen LogP contribution in [0.25, 0.3) is 0 Å². The van der Waals surface area contributed by atoms with Crippen LogP contribution in [0.3, 0.4) is 0 Å². The molecule has 0 heterocycles. The van der Waals surface area contributed by atoms with E-state index in [2.05, 4.69) is 10.6 Å². The van der Waals surface area contributed by atoms with Gasteiger partial charge in [-0.2, -0.15) is 0 Å². The van der Waals surface area contributed by atoms with Gasteiger partial charge in [0.25, 0.3) is 11.8 Å². The van der Waals surface area contributed by atoms with Crippen LogP contribution in [-0.4, -0.2) is 59.5 Å². The molecule has 218 valence electrons. The molecule has 1 fully saturated rings. The van der Waals surface area contributed by atoms with E-state index in [4.69, 9.17) is 0 Å². The molecule has 0 bridgehead atoms. The monoisotopic (exact) mass is 557 g/mol. The van der Waals surface area contributed by atoms with Crippen LogP contribution in [0.1, 0.15) is 84.2 Å². The Morgan fingerprint density at radius 3 is 2.20 bits per heavy atom. The van der Waals surface area contributed by atoms with E-state index >= 15 is 0 Å². The molecule has 0 radical (unpaired) electrons. The highest BCUT2D eigenvalue weighted by Gasteiger charge is 2.26. The van der Waals surface area contributed by atoms with E-state index in [0.29, 0.717) is 31.0 Å². The predicted molar refractivity (Wildman–Crippen MR) is 150 cm³/mol. The number of halogens is 2. The zero-order valence-corrected chi connectivity index (χ0v) is 23.6. The predicted octanol–water partition coefficient (Wildman–Crippen LogP) is 4.54. The van der Waals surface area contributed by atoms with Crippen molar-refractivity contribution in [2.45, 2.75) is 77.9 Å². The Morgan fingerprint density at radius 2 is 1.60 bits per heavy atom. The molecule has 3 rings (SSSR count). The highest BCUT2D eigenvalue weighted by molar-refractivity contribution is 6.00. The maximum atomic E-state index is 13.9. The van der Waals surface area contributed by atoms with Gasteiger partial charge in [-0.05, 0) is 92.8 Å². The van der Waals surface area contributed by atoms with Crippen molar-refractivity contribution in [3.05, 3.63) is 70.3 Å². The Morgan fingerprint density at radius 1 is 0.975 bits per heavy atom. The fourth-order valence-corrected chi connectivity index (χ4v) is 4.81. The second-order valence-electron chi connectivity index (χ2n) is 10.8. The largest absolute Gasteiger partial charge is 0.391 e. The molecule has 2 atom stereocenters. The van der Waals surface area contributed by atoms with E-state index in [1.54, 1.807) is 24.0 Å². The molecular weight excluding hydrogens is 516 g/mol. The van der Waals surface area contributed by atoms with E-state index in [-0.39, 0.29) is 42.3 Å². The lowest BCUT2D eigenvalue weighted by atomic mass is 9.97. The third-order valence-electron chi connectivity index (χ3n) is 6.95. The number of nitrogens with one attached hydrogen (secondary N) is 2. The van der Waals surface area contributed by atoms with Gasteiger partial charge in [-0.15, -0.1) is 0 Å². The summed E-state index contributed by atoms with van der Waals surface area (Å²) in [5.74, 6) is -1.84. The Kier molecular flexibility index (Phi) is 11.6. The van der Waals surface area contributed by atoms with Crippen LogP contribution in [0.4, 0.5) is 8.78 Å². The normalized spacial score (nSPS) is 14.3. The number of nitrogens with zero attached hydrogens (tertiary/aromatic N) is 1. The number of rotatable bonds is 15. The third-order valence-corrected chi connectivity index (χ3v) is 6.95. The number of amides is 3. The number of carbonyl (C=O) groups is 3. The van der Waals surface area contributed by atoms with Gasteiger partial charge in [-0.1, -0.05) is 13.8 Å². The maximum Gasteiger partial charge on any atom is 0.253 e. The average Bonchev–Trinajstić information content (AvgIpc) is 3.70. The molecule has 0 aromatic heterocycles. The Bertz CT molecular complexity index is 1160. The Balaban J connectivity index is 1.77. The summed E-state index contributed by atoms with van der Waals surface area (Å²) in [5.41, 5.74) is 1.65. The first kappa shape index (κ1) is 31.2. The van der Waals surface area contributed by atoms with Crippen LogP contribution < -0.4 is 10.6 Å². The van der Waals surface area contributed by atoms with Gasteiger partial charge in [0.2, 0.25) is 5.91 Å². The molecule has 7 nitrogen and oxygen atoms in total. The summed E-state index contributed by atoms with van der Waals surface area (Å²) in [6, 6.07) is 7.10. The van der Waals surface area contributed by atoms with E-state index in [9.17, 15) is 28.3 Å². The molecule has 40 heavy (non-hydrogen) atoms. The number of benzene rings is 2. The highest BCUT2D eigenvalue weighted by Crippen LogP contribution is 2.32. The third kappa shape index (κ3) is 9.70. The fraction of sp³-hybridized carbons (Fsp3) is 0.516. The van der Waals surface area contributed by atoms with Crippen molar-refractivity contribution < 1.29 is 28.3 Å². The van der Waals surface area contributed by atoms with Crippen LogP contribution in [0.15, 0.2) is 36.4 Å². The topological polar surface area (TPSA) is 98.7 Å². The van der Waals surface area contributed by atoms with Crippen LogP contribution in [-0.2, 0) is 11.2 Å². The molecule has 0 aliphatic heterocycles. The highest BCUT2D eigenvalue weighted by atomic mass is 19.1. The van der Waals surface area contributed by atoms with E-state index < -0.39 is 29.7 Å². The van der Waals surface area contributed by atoms with Gasteiger partial charge in [0.05, 0.1) is 12.1 Å². The van der Waals surface area contributed by atoms with Gasteiger partial charge >= 0.3 is 0 Å². The van der Waals surface area contributed by atoms with Gasteiger partial charge in [0, 0.05) is 43.2 Å². The molecule has 3 amide bonds. The van der Waals surface area contributed by atoms with Gasteiger partial charge < -0.3 is 20.6 Å². The molecule has 0 saturated heterocycles. The van der Waals surface area contributed by atoms with Crippen molar-refractivity contribution in [2.75, 3.05) is 19.6 Å². The maximum absolute atomic E-state index is 13.9. The summed E-state index contributed by atoms with van der Waals surface area (Å²) in [4.78, 5) is 40.4. The van der Waals surface area contributed by atoms with E-state index in [1.807, 2.05) is 13.8 Å². The minimum absolute atomic E-state index is 0.0318. The number of hydrogen-bond donors (Lipinski definition) is 3. The number of hydrogen-bond acceptors (Lipinski definition) is 4. The SMILES string of the molecule is CCCN(CCC)C(=O)c1cc(C)cc(C(=O)N[C@H](Cc2cc(F)cc(F)c2)[C@@H](O)CCNC(=O)CC2CC2)c1. The first-order valence-corrected chi connectivity index (χ1v) is 14.2. The first-order valence-electron chi connectivity index (χ1n) is 14.2. The molecule has 0 spiro atoms. The van der Waals surface area contributed by atoms with Crippen LogP contribution in [0.5, 0.6) is 0 Å². The van der Waals surface area contributed by atoms with Crippen molar-refractivity contribution >= 4 is 17.7 Å². The second-order valence-corrected chi connectivity index (χ2v) is 10.8.